The van der Waals surface area contributed by atoms with Crippen LogP contribution in [0.25, 0.3) is 0 Å². The number of nitrogens with zero attached hydrogens (tertiary/aromatic N) is 3. The van der Waals surface area contributed by atoms with Gasteiger partial charge in [0.15, 0.2) is 0 Å². The van der Waals surface area contributed by atoms with Gasteiger partial charge in [-0.05, 0) is 27.2 Å². The first kappa shape index (κ1) is 13.3. The number of anilines is 1. The zero-order chi connectivity index (χ0) is 12.1. The summed E-state index contributed by atoms with van der Waals surface area (Å²) in [7, 11) is 3.84. The number of rotatable bonds is 6. The van der Waals surface area contributed by atoms with Crippen LogP contribution in [0.2, 0.25) is 0 Å². The third-order valence-corrected chi connectivity index (χ3v) is 3.42. The summed E-state index contributed by atoms with van der Waals surface area (Å²) in [6, 6.07) is 1.05. The maximum Gasteiger partial charge on any atom is 0.318 e. The minimum absolute atomic E-state index is 0.0884. The van der Waals surface area contributed by atoms with Crippen LogP contribution in [0.4, 0.5) is 6.01 Å². The van der Waals surface area contributed by atoms with Crippen molar-refractivity contribution in [2.24, 2.45) is 0 Å². The molecule has 5 nitrogen and oxygen atoms in total. The molecule has 92 valence electrons. The van der Waals surface area contributed by atoms with Crippen molar-refractivity contribution in [3.63, 3.8) is 0 Å². The molecule has 6 heteroatoms. The molecule has 0 aliphatic rings. The Kier molecular flexibility index (Phi) is 5.08. The van der Waals surface area contributed by atoms with Gasteiger partial charge in [-0.25, -0.2) is 0 Å². The van der Waals surface area contributed by atoms with Crippen LogP contribution in [0.15, 0.2) is 4.42 Å². The second-order valence-corrected chi connectivity index (χ2v) is 4.76. The lowest BCUT2D eigenvalue weighted by atomic mass is 10.3. The minimum atomic E-state index is 0.0884. The van der Waals surface area contributed by atoms with E-state index in [1.54, 1.807) is 11.8 Å². The average molecular weight is 244 g/mol. The summed E-state index contributed by atoms with van der Waals surface area (Å²) in [5.41, 5.74) is 0. The maximum atomic E-state index is 5.60. The Morgan fingerprint density at radius 2 is 2.12 bits per heavy atom. The molecule has 1 N–H and O–H groups in total. The van der Waals surface area contributed by atoms with E-state index in [-0.39, 0.29) is 6.04 Å². The van der Waals surface area contributed by atoms with Gasteiger partial charge < -0.3 is 14.6 Å². The number of thioether (sulfide) groups is 1. The van der Waals surface area contributed by atoms with Crippen LogP contribution in [0.1, 0.15) is 25.8 Å². The Bertz CT molecular complexity index is 318. The van der Waals surface area contributed by atoms with Crippen molar-refractivity contribution in [3.8, 4) is 0 Å². The normalized spacial score (nSPS) is 14.8. The Morgan fingerprint density at radius 3 is 2.69 bits per heavy atom. The van der Waals surface area contributed by atoms with Crippen LogP contribution in [0.3, 0.4) is 0 Å². The summed E-state index contributed by atoms with van der Waals surface area (Å²) < 4.78 is 5.60. The predicted molar refractivity (Wildman–Crippen MR) is 68.0 cm³/mol. The van der Waals surface area contributed by atoms with Crippen LogP contribution in [-0.4, -0.2) is 42.3 Å². The van der Waals surface area contributed by atoms with Crippen molar-refractivity contribution in [1.29, 1.82) is 0 Å². The van der Waals surface area contributed by atoms with Crippen LogP contribution in [0.5, 0.6) is 0 Å². The van der Waals surface area contributed by atoms with Crippen molar-refractivity contribution in [1.82, 2.24) is 15.5 Å². The van der Waals surface area contributed by atoms with E-state index in [9.17, 15) is 0 Å². The summed E-state index contributed by atoms with van der Waals surface area (Å²) in [5.74, 6) is 1.66. The molecule has 0 aromatic carbocycles. The topological polar surface area (TPSA) is 54.2 Å². The number of hydrogen-bond donors (Lipinski definition) is 1. The first-order valence-corrected chi connectivity index (χ1v) is 6.72. The van der Waals surface area contributed by atoms with Gasteiger partial charge in [0, 0.05) is 18.8 Å². The smallest absolute Gasteiger partial charge is 0.318 e. The molecule has 16 heavy (non-hydrogen) atoms. The van der Waals surface area contributed by atoms with Gasteiger partial charge in [-0.1, -0.05) is 5.10 Å². The van der Waals surface area contributed by atoms with Gasteiger partial charge in [0.05, 0.1) is 6.04 Å². The quantitative estimate of drug-likeness (QED) is 0.819. The first-order chi connectivity index (χ1) is 7.60. The molecule has 1 heterocycles. The number of hydrogen-bond acceptors (Lipinski definition) is 6. The highest BCUT2D eigenvalue weighted by atomic mass is 32.2. The van der Waals surface area contributed by atoms with Crippen molar-refractivity contribution in [2.45, 2.75) is 25.9 Å². The van der Waals surface area contributed by atoms with Gasteiger partial charge in [-0.2, -0.15) is 11.8 Å². The van der Waals surface area contributed by atoms with E-state index >= 15 is 0 Å². The first-order valence-electron chi connectivity index (χ1n) is 5.32. The largest absolute Gasteiger partial charge is 0.406 e. The molecule has 0 amide bonds. The lowest BCUT2D eigenvalue weighted by Crippen LogP contribution is -2.31. The van der Waals surface area contributed by atoms with E-state index in [0.717, 1.165) is 5.75 Å². The highest BCUT2D eigenvalue weighted by Gasteiger charge is 2.18. The zero-order valence-electron chi connectivity index (χ0n) is 10.5. The standard InChI is InChI=1S/C10H20N4OS/c1-7(6-16-5)14(4)10-13-12-9(15-10)8(2)11-3/h7-8,11H,6H2,1-5H3. The Labute approximate surface area is 101 Å². The fourth-order valence-electron chi connectivity index (χ4n) is 1.21. The van der Waals surface area contributed by atoms with Crippen molar-refractivity contribution < 1.29 is 4.42 Å². The zero-order valence-corrected chi connectivity index (χ0v) is 11.3. The molecule has 0 saturated carbocycles. The fraction of sp³-hybridized carbons (Fsp3) is 0.800. The minimum Gasteiger partial charge on any atom is -0.406 e. The molecule has 1 rings (SSSR count). The second-order valence-electron chi connectivity index (χ2n) is 3.85. The summed E-state index contributed by atoms with van der Waals surface area (Å²) in [6.07, 6.45) is 2.09. The monoisotopic (exact) mass is 244 g/mol. The summed E-state index contributed by atoms with van der Waals surface area (Å²) in [6.45, 7) is 4.13. The number of aromatic nitrogens is 2. The van der Waals surface area contributed by atoms with Gasteiger partial charge in [0.25, 0.3) is 0 Å². The molecular weight excluding hydrogens is 224 g/mol. The summed E-state index contributed by atoms with van der Waals surface area (Å²) in [4.78, 5) is 2.01. The molecule has 0 spiro atoms. The molecule has 0 radical (unpaired) electrons. The highest BCUT2D eigenvalue weighted by Crippen LogP contribution is 2.18. The van der Waals surface area contributed by atoms with E-state index in [2.05, 4.69) is 28.7 Å². The summed E-state index contributed by atoms with van der Waals surface area (Å²) in [5, 5.41) is 11.1. The molecule has 0 aliphatic heterocycles. The predicted octanol–water partition coefficient (Wildman–Crippen LogP) is 1.54. The summed E-state index contributed by atoms with van der Waals surface area (Å²) >= 11 is 1.81. The van der Waals surface area contributed by atoms with E-state index in [4.69, 9.17) is 4.42 Å². The average Bonchev–Trinajstić information content (AvgIpc) is 2.76. The van der Waals surface area contributed by atoms with Gasteiger partial charge >= 0.3 is 6.01 Å². The molecule has 0 saturated heterocycles. The SMILES string of the molecule is CNC(C)c1nnc(N(C)C(C)CSC)o1. The molecule has 2 atom stereocenters. The van der Waals surface area contributed by atoms with E-state index in [0.29, 0.717) is 17.9 Å². The molecule has 1 aromatic rings. The third-order valence-electron chi connectivity index (χ3n) is 2.60. The van der Waals surface area contributed by atoms with Crippen molar-refractivity contribution in [2.75, 3.05) is 31.0 Å². The molecule has 0 fully saturated rings. The van der Waals surface area contributed by atoms with Gasteiger partial charge in [0.2, 0.25) is 5.89 Å². The lowest BCUT2D eigenvalue weighted by molar-refractivity contribution is 0.429. The molecule has 0 aliphatic carbocycles. The lowest BCUT2D eigenvalue weighted by Gasteiger charge is -2.21. The van der Waals surface area contributed by atoms with Gasteiger partial charge in [0.1, 0.15) is 0 Å². The highest BCUT2D eigenvalue weighted by molar-refractivity contribution is 7.98. The molecule has 1 aromatic heterocycles. The Morgan fingerprint density at radius 1 is 1.44 bits per heavy atom. The second kappa shape index (κ2) is 6.10. The van der Waals surface area contributed by atoms with E-state index < -0.39 is 0 Å². The van der Waals surface area contributed by atoms with Crippen molar-refractivity contribution >= 4 is 17.8 Å². The van der Waals surface area contributed by atoms with Crippen LogP contribution in [0, 0.1) is 0 Å². The van der Waals surface area contributed by atoms with Crippen molar-refractivity contribution in [3.05, 3.63) is 5.89 Å². The van der Waals surface area contributed by atoms with Crippen LogP contribution < -0.4 is 10.2 Å². The molecule has 2 unspecified atom stereocenters. The van der Waals surface area contributed by atoms with Crippen LogP contribution >= 0.6 is 11.8 Å². The van der Waals surface area contributed by atoms with Gasteiger partial charge in [-0.15, -0.1) is 5.10 Å². The number of nitrogens with one attached hydrogen (secondary N) is 1. The van der Waals surface area contributed by atoms with Gasteiger partial charge in [-0.3, -0.25) is 0 Å². The molecular formula is C10H20N4OS. The maximum absolute atomic E-state index is 5.60. The van der Waals surface area contributed by atoms with E-state index in [1.165, 1.54) is 0 Å². The fourth-order valence-corrected chi connectivity index (χ4v) is 1.91. The van der Waals surface area contributed by atoms with Crippen LogP contribution in [-0.2, 0) is 0 Å². The van der Waals surface area contributed by atoms with E-state index in [1.807, 2.05) is 25.9 Å². The third kappa shape index (κ3) is 3.12. The Hall–Kier alpha value is -0.750. The molecule has 0 bridgehead atoms. The Balaban J connectivity index is 2.69.